The quantitative estimate of drug-likeness (QED) is 0.612. The van der Waals surface area contributed by atoms with Gasteiger partial charge in [0.25, 0.3) is 0 Å². The zero-order chi connectivity index (χ0) is 15.4. The second-order valence-corrected chi connectivity index (χ2v) is 4.62. The van der Waals surface area contributed by atoms with Crippen molar-refractivity contribution in [3.05, 3.63) is 29.8 Å². The van der Waals surface area contributed by atoms with Gasteiger partial charge in [-0.2, -0.15) is 5.26 Å². The smallest absolute Gasteiger partial charge is 0.313 e. The first-order valence-corrected chi connectivity index (χ1v) is 6.35. The van der Waals surface area contributed by atoms with Crippen LogP contribution >= 0.6 is 0 Å². The van der Waals surface area contributed by atoms with E-state index in [0.717, 1.165) is 0 Å². The highest BCUT2D eigenvalue weighted by atomic mass is 16.5. The Morgan fingerprint density at radius 3 is 2.76 bits per heavy atom. The van der Waals surface area contributed by atoms with Crippen LogP contribution in [-0.4, -0.2) is 30.7 Å². The lowest BCUT2D eigenvalue weighted by atomic mass is 9.87. The molecule has 1 aromatic carbocycles. The van der Waals surface area contributed by atoms with Crippen LogP contribution in [0.4, 0.5) is 0 Å². The molecule has 0 aliphatic carbocycles. The summed E-state index contributed by atoms with van der Waals surface area (Å²) < 4.78 is 9.98. The van der Waals surface area contributed by atoms with Gasteiger partial charge in [0.2, 0.25) is 0 Å². The highest BCUT2D eigenvalue weighted by molar-refractivity contribution is 6.03. The van der Waals surface area contributed by atoms with Crippen molar-refractivity contribution >= 4 is 17.5 Å². The maximum Gasteiger partial charge on any atom is 0.313 e. The van der Waals surface area contributed by atoms with E-state index in [-0.39, 0.29) is 12.2 Å². The molecule has 2 rings (SSSR count). The van der Waals surface area contributed by atoms with Crippen LogP contribution in [0.25, 0.3) is 0 Å². The summed E-state index contributed by atoms with van der Waals surface area (Å²) in [5, 5.41) is 9.14. The first kappa shape index (κ1) is 14.7. The van der Waals surface area contributed by atoms with E-state index in [9.17, 15) is 14.4 Å². The van der Waals surface area contributed by atoms with E-state index < -0.39 is 30.2 Å². The predicted octanol–water partition coefficient (Wildman–Crippen LogP) is 1.29. The van der Waals surface area contributed by atoms with Gasteiger partial charge in [-0.25, -0.2) is 0 Å². The van der Waals surface area contributed by atoms with Gasteiger partial charge in [0.15, 0.2) is 5.78 Å². The number of rotatable bonds is 4. The summed E-state index contributed by atoms with van der Waals surface area (Å²) in [5.74, 6) is -2.16. The minimum Gasteiger partial charge on any atom is -0.487 e. The van der Waals surface area contributed by atoms with E-state index in [1.54, 1.807) is 24.3 Å². The van der Waals surface area contributed by atoms with Crippen molar-refractivity contribution in [2.45, 2.75) is 18.9 Å². The number of ether oxygens (including phenoxy) is 2. The third kappa shape index (κ3) is 3.08. The van der Waals surface area contributed by atoms with Crippen LogP contribution in [0.1, 0.15) is 23.2 Å². The number of carbonyl (C=O) groups is 3. The van der Waals surface area contributed by atoms with E-state index in [2.05, 4.69) is 4.74 Å². The second-order valence-electron chi connectivity index (χ2n) is 4.62. The van der Waals surface area contributed by atoms with Crippen LogP contribution in [-0.2, 0) is 14.3 Å². The molecule has 0 amide bonds. The molecular formula is C15H13NO5. The van der Waals surface area contributed by atoms with Gasteiger partial charge >= 0.3 is 5.97 Å². The average molecular weight is 287 g/mol. The standard InChI is InChI=1S/C15H13NO5/c1-20-14(18)7-9(17)6-13-11(8-16)15(19)10-4-2-3-5-12(10)21-13/h2-5,11,13H,6-7H2,1H3. The summed E-state index contributed by atoms with van der Waals surface area (Å²) in [7, 11) is 1.19. The number of methoxy groups -OCH3 is 1. The minimum absolute atomic E-state index is 0.187. The zero-order valence-electron chi connectivity index (χ0n) is 11.4. The lowest BCUT2D eigenvalue weighted by molar-refractivity contribution is -0.143. The number of fused-ring (bicyclic) bond motifs is 1. The number of ketones is 2. The molecule has 1 heterocycles. The van der Waals surface area contributed by atoms with Crippen LogP contribution < -0.4 is 4.74 Å². The van der Waals surface area contributed by atoms with Gasteiger partial charge in [0.05, 0.1) is 18.7 Å². The fourth-order valence-electron chi connectivity index (χ4n) is 2.17. The van der Waals surface area contributed by atoms with Crippen molar-refractivity contribution in [3.63, 3.8) is 0 Å². The number of nitrogens with zero attached hydrogens (tertiary/aromatic N) is 1. The van der Waals surface area contributed by atoms with E-state index in [1.165, 1.54) is 7.11 Å². The third-order valence-electron chi connectivity index (χ3n) is 3.22. The average Bonchev–Trinajstić information content (AvgIpc) is 2.47. The van der Waals surface area contributed by atoms with Gasteiger partial charge in [0.1, 0.15) is 30.0 Å². The van der Waals surface area contributed by atoms with Gasteiger partial charge in [0, 0.05) is 6.42 Å². The number of hydrogen-bond acceptors (Lipinski definition) is 6. The normalized spacial score (nSPS) is 19.9. The molecule has 0 fully saturated rings. The molecule has 0 spiro atoms. The van der Waals surface area contributed by atoms with Gasteiger partial charge < -0.3 is 9.47 Å². The molecule has 2 unspecified atom stereocenters. The number of Topliss-reactive ketones (excluding diaryl/α,β-unsaturated/α-hetero) is 2. The Balaban J connectivity index is 2.17. The number of hydrogen-bond donors (Lipinski definition) is 0. The fourth-order valence-corrected chi connectivity index (χ4v) is 2.17. The lowest BCUT2D eigenvalue weighted by Gasteiger charge is -2.28. The molecule has 0 aromatic heterocycles. The molecule has 0 radical (unpaired) electrons. The van der Waals surface area contributed by atoms with Crippen LogP contribution in [0.5, 0.6) is 5.75 Å². The third-order valence-corrected chi connectivity index (χ3v) is 3.22. The van der Waals surface area contributed by atoms with Gasteiger partial charge in [-0.3, -0.25) is 14.4 Å². The van der Waals surface area contributed by atoms with E-state index >= 15 is 0 Å². The highest BCUT2D eigenvalue weighted by Crippen LogP contribution is 2.31. The van der Waals surface area contributed by atoms with Crippen LogP contribution in [0.2, 0.25) is 0 Å². The van der Waals surface area contributed by atoms with E-state index in [0.29, 0.717) is 11.3 Å². The van der Waals surface area contributed by atoms with Gasteiger partial charge in [-0.05, 0) is 12.1 Å². The second kappa shape index (κ2) is 6.18. The topological polar surface area (TPSA) is 93.5 Å². The molecule has 0 saturated heterocycles. The molecule has 1 aliphatic heterocycles. The Hall–Kier alpha value is -2.68. The molecular weight excluding hydrogens is 274 g/mol. The van der Waals surface area contributed by atoms with Crippen LogP contribution in [0.3, 0.4) is 0 Å². The first-order chi connectivity index (χ1) is 10.1. The largest absolute Gasteiger partial charge is 0.487 e. The molecule has 1 aromatic rings. The van der Waals surface area contributed by atoms with Crippen molar-refractivity contribution in [1.82, 2.24) is 0 Å². The summed E-state index contributed by atoms with van der Waals surface area (Å²) in [6, 6.07) is 8.44. The summed E-state index contributed by atoms with van der Waals surface area (Å²) in [5.41, 5.74) is 0.334. The Labute approximate surface area is 121 Å². The molecule has 0 saturated carbocycles. The molecule has 108 valence electrons. The first-order valence-electron chi connectivity index (χ1n) is 6.35. The number of para-hydroxylation sites is 1. The SMILES string of the molecule is COC(=O)CC(=O)CC1Oc2ccccc2C(=O)C1C#N. The van der Waals surface area contributed by atoms with Crippen molar-refractivity contribution in [1.29, 1.82) is 5.26 Å². The highest BCUT2D eigenvalue weighted by Gasteiger charge is 2.38. The minimum atomic E-state index is -1.05. The summed E-state index contributed by atoms with van der Waals surface area (Å²) >= 11 is 0. The van der Waals surface area contributed by atoms with Gasteiger partial charge in [-0.1, -0.05) is 12.1 Å². The van der Waals surface area contributed by atoms with Crippen LogP contribution in [0, 0.1) is 17.2 Å². The Kier molecular flexibility index (Phi) is 4.33. The van der Waals surface area contributed by atoms with Crippen LogP contribution in [0.15, 0.2) is 24.3 Å². The molecule has 0 N–H and O–H groups in total. The molecule has 6 nitrogen and oxygen atoms in total. The van der Waals surface area contributed by atoms with Crippen molar-refractivity contribution < 1.29 is 23.9 Å². The Morgan fingerprint density at radius 2 is 2.10 bits per heavy atom. The number of carbonyl (C=O) groups excluding carboxylic acids is 3. The number of nitriles is 1. The number of benzene rings is 1. The summed E-state index contributed by atoms with van der Waals surface area (Å²) in [6.07, 6.45) is -1.47. The number of esters is 1. The van der Waals surface area contributed by atoms with E-state index in [4.69, 9.17) is 10.00 Å². The molecule has 0 bridgehead atoms. The molecule has 6 heteroatoms. The Bertz CT molecular complexity index is 631. The van der Waals surface area contributed by atoms with Gasteiger partial charge in [-0.15, -0.1) is 0 Å². The Morgan fingerprint density at radius 1 is 1.38 bits per heavy atom. The lowest BCUT2D eigenvalue weighted by Crippen LogP contribution is -2.38. The monoisotopic (exact) mass is 287 g/mol. The predicted molar refractivity (Wildman–Crippen MR) is 70.5 cm³/mol. The van der Waals surface area contributed by atoms with Crippen molar-refractivity contribution in [2.24, 2.45) is 5.92 Å². The maximum absolute atomic E-state index is 12.2. The van der Waals surface area contributed by atoms with Crippen molar-refractivity contribution in [2.75, 3.05) is 7.11 Å². The summed E-state index contributed by atoms with van der Waals surface area (Å²) in [6.45, 7) is 0. The zero-order valence-corrected chi connectivity index (χ0v) is 11.4. The summed E-state index contributed by atoms with van der Waals surface area (Å²) in [4.78, 5) is 35.0. The fraction of sp³-hybridized carbons (Fsp3) is 0.333. The van der Waals surface area contributed by atoms with Crippen molar-refractivity contribution in [3.8, 4) is 11.8 Å². The maximum atomic E-state index is 12.2. The molecule has 2 atom stereocenters. The van der Waals surface area contributed by atoms with E-state index in [1.807, 2.05) is 6.07 Å². The molecule has 21 heavy (non-hydrogen) atoms. The molecule has 1 aliphatic rings.